The zero-order valence-corrected chi connectivity index (χ0v) is 7.57. The van der Waals surface area contributed by atoms with Crippen molar-refractivity contribution in [1.29, 1.82) is 5.26 Å². The number of rotatable bonds is 1. The van der Waals surface area contributed by atoms with Crippen LogP contribution in [0.25, 0.3) is 11.1 Å². The molecular weight excluding hydrogens is 170 g/mol. The van der Waals surface area contributed by atoms with Crippen LogP contribution in [0.4, 0.5) is 0 Å². The zero-order valence-electron chi connectivity index (χ0n) is 7.57. The van der Waals surface area contributed by atoms with Crippen molar-refractivity contribution in [2.75, 3.05) is 0 Å². The smallest absolute Gasteiger partial charge is 0.0998 e. The number of benzene rings is 2. The quantitative estimate of drug-likeness (QED) is 0.658. The summed E-state index contributed by atoms with van der Waals surface area (Å²) in [6.45, 7) is 0. The van der Waals surface area contributed by atoms with E-state index in [1.54, 1.807) is 6.07 Å². The molecule has 0 aliphatic carbocycles. The minimum Gasteiger partial charge on any atom is -0.192 e. The Morgan fingerprint density at radius 1 is 0.929 bits per heavy atom. The molecule has 0 heterocycles. The van der Waals surface area contributed by atoms with Gasteiger partial charge in [-0.05, 0) is 23.3 Å². The lowest BCUT2D eigenvalue weighted by Gasteiger charge is -1.99. The maximum absolute atomic E-state index is 8.62. The third-order valence-corrected chi connectivity index (χ3v) is 2.04. The number of nitriles is 1. The van der Waals surface area contributed by atoms with Gasteiger partial charge in [-0.15, -0.1) is 0 Å². The normalized spacial score (nSPS) is 9.36. The van der Waals surface area contributed by atoms with Gasteiger partial charge in [0.05, 0.1) is 11.6 Å². The van der Waals surface area contributed by atoms with Gasteiger partial charge in [0.1, 0.15) is 0 Å². The summed E-state index contributed by atoms with van der Waals surface area (Å²) in [6.07, 6.45) is 0. The van der Waals surface area contributed by atoms with Crippen LogP contribution < -0.4 is 0 Å². The summed E-state index contributed by atoms with van der Waals surface area (Å²) < 4.78 is 0. The number of hydrogen-bond donors (Lipinski definition) is 0. The Labute approximate surface area is 83.2 Å². The van der Waals surface area contributed by atoms with E-state index in [0.717, 1.165) is 11.1 Å². The molecule has 0 amide bonds. The highest BCUT2D eigenvalue weighted by Crippen LogP contribution is 2.18. The topological polar surface area (TPSA) is 23.8 Å². The molecule has 0 atom stereocenters. The molecule has 0 bridgehead atoms. The fourth-order valence-corrected chi connectivity index (χ4v) is 1.30. The van der Waals surface area contributed by atoms with Gasteiger partial charge in [-0.1, -0.05) is 36.4 Å². The lowest BCUT2D eigenvalue weighted by Crippen LogP contribution is -1.78. The van der Waals surface area contributed by atoms with E-state index in [1.807, 2.05) is 42.5 Å². The first-order valence-corrected chi connectivity index (χ1v) is 4.37. The maximum Gasteiger partial charge on any atom is 0.0998 e. The predicted octanol–water partition coefficient (Wildman–Crippen LogP) is 3.03. The minimum atomic E-state index is 0.574. The van der Waals surface area contributed by atoms with Crippen molar-refractivity contribution in [2.45, 2.75) is 0 Å². The molecule has 2 rings (SSSR count). The Morgan fingerprint density at radius 2 is 1.71 bits per heavy atom. The summed E-state index contributed by atoms with van der Waals surface area (Å²) in [5.74, 6) is 0. The molecule has 0 aliphatic rings. The van der Waals surface area contributed by atoms with E-state index in [9.17, 15) is 0 Å². The molecule has 2 aromatic rings. The SMILES string of the molecule is N#Cc1[c]cc(-c2ccccc2)cc1. The maximum atomic E-state index is 8.62. The van der Waals surface area contributed by atoms with E-state index >= 15 is 0 Å². The van der Waals surface area contributed by atoms with Crippen LogP contribution in [0, 0.1) is 17.4 Å². The monoisotopic (exact) mass is 178 g/mol. The van der Waals surface area contributed by atoms with Crippen LogP contribution in [-0.4, -0.2) is 0 Å². The summed E-state index contributed by atoms with van der Waals surface area (Å²) in [6, 6.07) is 20.6. The molecule has 1 radical (unpaired) electrons. The second kappa shape index (κ2) is 3.76. The van der Waals surface area contributed by atoms with E-state index < -0.39 is 0 Å². The second-order valence-electron chi connectivity index (χ2n) is 2.97. The van der Waals surface area contributed by atoms with Crippen molar-refractivity contribution in [2.24, 2.45) is 0 Å². The van der Waals surface area contributed by atoms with Gasteiger partial charge in [0.2, 0.25) is 0 Å². The minimum absolute atomic E-state index is 0.574. The zero-order chi connectivity index (χ0) is 9.80. The molecule has 0 aromatic heterocycles. The Bertz CT molecular complexity index is 449. The van der Waals surface area contributed by atoms with Crippen LogP contribution in [0.5, 0.6) is 0 Å². The van der Waals surface area contributed by atoms with Gasteiger partial charge >= 0.3 is 0 Å². The molecular formula is C13H8N. The lowest BCUT2D eigenvalue weighted by molar-refractivity contribution is 1.48. The summed E-state index contributed by atoms with van der Waals surface area (Å²) in [5.41, 5.74) is 2.81. The largest absolute Gasteiger partial charge is 0.192 e. The van der Waals surface area contributed by atoms with Crippen molar-refractivity contribution in [3.05, 3.63) is 60.2 Å². The predicted molar refractivity (Wildman–Crippen MR) is 55.4 cm³/mol. The third kappa shape index (κ3) is 1.65. The molecule has 1 heteroatoms. The Balaban J connectivity index is 2.40. The van der Waals surface area contributed by atoms with Crippen LogP contribution in [-0.2, 0) is 0 Å². The molecule has 0 saturated carbocycles. The fourth-order valence-electron chi connectivity index (χ4n) is 1.30. The van der Waals surface area contributed by atoms with Crippen LogP contribution in [0.15, 0.2) is 48.5 Å². The Hall–Kier alpha value is -2.07. The highest BCUT2D eigenvalue weighted by atomic mass is 14.2. The average molecular weight is 178 g/mol. The molecule has 0 fully saturated rings. The van der Waals surface area contributed by atoms with Crippen molar-refractivity contribution in [3.8, 4) is 17.2 Å². The van der Waals surface area contributed by atoms with Gasteiger partial charge in [-0.2, -0.15) is 5.26 Å². The van der Waals surface area contributed by atoms with Gasteiger partial charge in [-0.3, -0.25) is 0 Å². The molecule has 65 valence electrons. The van der Waals surface area contributed by atoms with Crippen molar-refractivity contribution in [1.82, 2.24) is 0 Å². The van der Waals surface area contributed by atoms with Crippen LogP contribution in [0.3, 0.4) is 0 Å². The first kappa shape index (κ1) is 8.52. The summed E-state index contributed by atoms with van der Waals surface area (Å²) >= 11 is 0. The molecule has 14 heavy (non-hydrogen) atoms. The third-order valence-electron chi connectivity index (χ3n) is 2.04. The highest BCUT2D eigenvalue weighted by Gasteiger charge is 1.95. The molecule has 0 spiro atoms. The van der Waals surface area contributed by atoms with Gasteiger partial charge in [0.25, 0.3) is 0 Å². The molecule has 0 saturated heterocycles. The molecule has 1 nitrogen and oxygen atoms in total. The second-order valence-corrected chi connectivity index (χ2v) is 2.97. The summed E-state index contributed by atoms with van der Waals surface area (Å²) in [7, 11) is 0. The number of hydrogen-bond acceptors (Lipinski definition) is 1. The van der Waals surface area contributed by atoms with Crippen molar-refractivity contribution in [3.63, 3.8) is 0 Å². The first-order valence-electron chi connectivity index (χ1n) is 4.37. The van der Waals surface area contributed by atoms with Gasteiger partial charge in [-0.25, -0.2) is 0 Å². The Morgan fingerprint density at radius 3 is 2.29 bits per heavy atom. The van der Waals surface area contributed by atoms with E-state index in [0.29, 0.717) is 5.56 Å². The number of nitrogens with zero attached hydrogens (tertiary/aromatic N) is 1. The van der Waals surface area contributed by atoms with Crippen molar-refractivity contribution < 1.29 is 0 Å². The van der Waals surface area contributed by atoms with E-state index in [-0.39, 0.29) is 0 Å². The molecule has 0 N–H and O–H groups in total. The average Bonchev–Trinajstić information content (AvgIpc) is 2.30. The van der Waals surface area contributed by atoms with Crippen LogP contribution in [0.2, 0.25) is 0 Å². The van der Waals surface area contributed by atoms with Gasteiger partial charge in [0, 0.05) is 6.07 Å². The highest BCUT2D eigenvalue weighted by molar-refractivity contribution is 5.63. The van der Waals surface area contributed by atoms with E-state index in [1.165, 1.54) is 0 Å². The standard InChI is InChI=1S/C13H8N/c14-10-11-6-8-13(9-7-11)12-4-2-1-3-5-12/h1-6,8-9H. The first-order chi connectivity index (χ1) is 6.90. The summed E-state index contributed by atoms with van der Waals surface area (Å²) in [5, 5.41) is 8.62. The summed E-state index contributed by atoms with van der Waals surface area (Å²) in [4.78, 5) is 0. The van der Waals surface area contributed by atoms with Crippen molar-refractivity contribution >= 4 is 0 Å². The van der Waals surface area contributed by atoms with Crippen LogP contribution in [0.1, 0.15) is 5.56 Å². The van der Waals surface area contributed by atoms with Gasteiger partial charge < -0.3 is 0 Å². The Kier molecular flexibility index (Phi) is 2.29. The molecule has 2 aromatic carbocycles. The lowest BCUT2D eigenvalue weighted by atomic mass is 10.0. The van der Waals surface area contributed by atoms with E-state index in [4.69, 9.17) is 5.26 Å². The molecule has 0 unspecified atom stereocenters. The molecule has 0 aliphatic heterocycles. The van der Waals surface area contributed by atoms with Gasteiger partial charge in [0.15, 0.2) is 0 Å². The van der Waals surface area contributed by atoms with E-state index in [2.05, 4.69) is 12.1 Å². The fraction of sp³-hybridized carbons (Fsp3) is 0. The van der Waals surface area contributed by atoms with Crippen LogP contribution >= 0.6 is 0 Å².